The molecule has 3 N–H and O–H groups in total. The van der Waals surface area contributed by atoms with Gasteiger partial charge in [0.1, 0.15) is 0 Å². The van der Waals surface area contributed by atoms with E-state index in [0.717, 1.165) is 18.4 Å². The van der Waals surface area contributed by atoms with Gasteiger partial charge in [0.25, 0.3) is 0 Å². The number of nitrogens with zero attached hydrogens (tertiary/aromatic N) is 2. The first kappa shape index (κ1) is 25.1. The van der Waals surface area contributed by atoms with Crippen molar-refractivity contribution in [3.63, 3.8) is 0 Å². The Morgan fingerprint density at radius 3 is 2.25 bits per heavy atom. The summed E-state index contributed by atoms with van der Waals surface area (Å²) in [6.45, 7) is 4.62. The second kappa shape index (κ2) is 10.8. The molecule has 1 aromatic rings. The van der Waals surface area contributed by atoms with Crippen LogP contribution < -0.4 is 11.1 Å². The number of carbonyl (C=O) groups excluding carboxylic acids is 1. The van der Waals surface area contributed by atoms with Gasteiger partial charge in [0, 0.05) is 38.8 Å². The van der Waals surface area contributed by atoms with Crippen LogP contribution in [0.5, 0.6) is 0 Å². The highest BCUT2D eigenvalue weighted by molar-refractivity contribution is 7.89. The number of nitrogens with two attached hydrogens (primary N) is 1. The van der Waals surface area contributed by atoms with Crippen molar-refractivity contribution in [2.24, 2.45) is 11.7 Å². The molecule has 1 amide bonds. The van der Waals surface area contributed by atoms with Crippen molar-refractivity contribution in [3.8, 4) is 0 Å². The van der Waals surface area contributed by atoms with Gasteiger partial charge in [0.05, 0.1) is 11.4 Å². The molecule has 1 heterocycles. The van der Waals surface area contributed by atoms with Gasteiger partial charge < -0.3 is 11.1 Å². The molecule has 28 heavy (non-hydrogen) atoms. The van der Waals surface area contributed by atoms with Crippen molar-refractivity contribution in [1.29, 1.82) is 0 Å². The Balaban J connectivity index is 0.00000196. The predicted octanol–water partition coefficient (Wildman–Crippen LogP) is 0.998. The van der Waals surface area contributed by atoms with Crippen LogP contribution in [-0.4, -0.2) is 68.8 Å². The number of carbonyl (C=O) groups is 1. The molecule has 0 spiro atoms. The number of benzene rings is 1. The molecule has 7 nitrogen and oxygen atoms in total. The first-order chi connectivity index (χ1) is 12.4. The van der Waals surface area contributed by atoms with Crippen LogP contribution in [0.1, 0.15) is 18.4 Å². The van der Waals surface area contributed by atoms with Crippen LogP contribution >= 0.6 is 24.8 Å². The lowest BCUT2D eigenvalue weighted by atomic mass is 10.2. The Morgan fingerprint density at radius 1 is 1.14 bits per heavy atom. The molecule has 0 radical (unpaired) electrons. The Bertz CT molecular complexity index is 734. The largest absolute Gasteiger partial charge is 0.353 e. The number of nitrogens with one attached hydrogen (secondary N) is 1. The van der Waals surface area contributed by atoms with E-state index in [1.54, 1.807) is 24.3 Å². The topological polar surface area (TPSA) is 95.7 Å². The molecule has 160 valence electrons. The maximum Gasteiger partial charge on any atom is 0.243 e. The van der Waals surface area contributed by atoms with Crippen LogP contribution in [0, 0.1) is 12.8 Å². The SMILES string of the molecule is Cc1ccc(S(=O)(=O)N2CCN(CC(=O)NCC(N)C3CC3)CC2)cc1.Cl.Cl. The molecule has 1 aromatic carbocycles. The van der Waals surface area contributed by atoms with E-state index in [2.05, 4.69) is 5.32 Å². The van der Waals surface area contributed by atoms with Gasteiger partial charge in [-0.3, -0.25) is 9.69 Å². The van der Waals surface area contributed by atoms with E-state index in [1.165, 1.54) is 4.31 Å². The second-order valence-electron chi connectivity index (χ2n) is 7.30. The minimum atomic E-state index is -3.47. The summed E-state index contributed by atoms with van der Waals surface area (Å²) < 4.78 is 26.9. The first-order valence-corrected chi connectivity index (χ1v) is 10.6. The minimum Gasteiger partial charge on any atom is -0.353 e. The summed E-state index contributed by atoms with van der Waals surface area (Å²) in [5.74, 6) is 0.516. The molecule has 1 saturated heterocycles. The first-order valence-electron chi connectivity index (χ1n) is 9.18. The summed E-state index contributed by atoms with van der Waals surface area (Å²) >= 11 is 0. The third-order valence-electron chi connectivity index (χ3n) is 5.12. The van der Waals surface area contributed by atoms with Gasteiger partial charge in [-0.05, 0) is 37.8 Å². The summed E-state index contributed by atoms with van der Waals surface area (Å²) in [6, 6.07) is 6.95. The second-order valence-corrected chi connectivity index (χ2v) is 9.24. The molecule has 1 unspecified atom stereocenters. The summed E-state index contributed by atoms with van der Waals surface area (Å²) in [5.41, 5.74) is 7.02. The van der Waals surface area contributed by atoms with Gasteiger partial charge in [0.2, 0.25) is 15.9 Å². The van der Waals surface area contributed by atoms with E-state index >= 15 is 0 Å². The Morgan fingerprint density at radius 2 is 1.71 bits per heavy atom. The quantitative estimate of drug-likeness (QED) is 0.642. The number of aryl methyl sites for hydroxylation is 1. The number of rotatable bonds is 7. The summed E-state index contributed by atoms with van der Waals surface area (Å²) in [4.78, 5) is 14.4. The fourth-order valence-electron chi connectivity index (χ4n) is 3.17. The normalized spacial score (nSPS) is 19.2. The molecule has 2 fully saturated rings. The van der Waals surface area contributed by atoms with E-state index in [0.29, 0.717) is 43.5 Å². The van der Waals surface area contributed by atoms with Crippen LogP contribution in [0.3, 0.4) is 0 Å². The monoisotopic (exact) mass is 452 g/mol. The fourth-order valence-corrected chi connectivity index (χ4v) is 4.59. The van der Waals surface area contributed by atoms with Gasteiger partial charge >= 0.3 is 0 Å². The molecule has 0 aromatic heterocycles. The zero-order valence-electron chi connectivity index (χ0n) is 16.0. The van der Waals surface area contributed by atoms with Crippen molar-refractivity contribution in [2.45, 2.75) is 30.7 Å². The lowest BCUT2D eigenvalue weighted by Crippen LogP contribution is -2.51. The highest BCUT2D eigenvalue weighted by Gasteiger charge is 2.30. The maximum absolute atomic E-state index is 12.7. The summed E-state index contributed by atoms with van der Waals surface area (Å²) in [7, 11) is -3.47. The molecule has 2 aliphatic rings. The Labute approximate surface area is 179 Å². The van der Waals surface area contributed by atoms with Crippen molar-refractivity contribution < 1.29 is 13.2 Å². The highest BCUT2D eigenvalue weighted by Crippen LogP contribution is 2.31. The molecular formula is C18H30Cl2N4O3S. The van der Waals surface area contributed by atoms with E-state index in [1.807, 2.05) is 11.8 Å². The Hall–Kier alpha value is -0.900. The fraction of sp³-hybridized carbons (Fsp3) is 0.611. The lowest BCUT2D eigenvalue weighted by molar-refractivity contribution is -0.122. The number of hydrogen-bond donors (Lipinski definition) is 2. The number of halogens is 2. The van der Waals surface area contributed by atoms with Crippen molar-refractivity contribution in [3.05, 3.63) is 29.8 Å². The highest BCUT2D eigenvalue weighted by atomic mass is 35.5. The van der Waals surface area contributed by atoms with E-state index in [-0.39, 0.29) is 43.3 Å². The number of amides is 1. The van der Waals surface area contributed by atoms with Gasteiger partial charge in [-0.25, -0.2) is 8.42 Å². The molecule has 1 aliphatic heterocycles. The molecule has 10 heteroatoms. The van der Waals surface area contributed by atoms with Crippen molar-refractivity contribution >= 4 is 40.7 Å². The molecule has 1 atom stereocenters. The molecule has 1 saturated carbocycles. The van der Waals surface area contributed by atoms with Crippen LogP contribution in [0.15, 0.2) is 29.2 Å². The zero-order chi connectivity index (χ0) is 18.7. The van der Waals surface area contributed by atoms with Gasteiger partial charge in [0.15, 0.2) is 0 Å². The van der Waals surface area contributed by atoms with Crippen molar-refractivity contribution in [2.75, 3.05) is 39.3 Å². The molecule has 3 rings (SSSR count). The summed E-state index contributed by atoms with van der Waals surface area (Å²) in [5, 5.41) is 2.89. The van der Waals surface area contributed by atoms with Crippen LogP contribution in [0.2, 0.25) is 0 Å². The van der Waals surface area contributed by atoms with Gasteiger partial charge in [-0.2, -0.15) is 4.31 Å². The Kier molecular flexibility index (Phi) is 9.66. The van der Waals surface area contributed by atoms with Gasteiger partial charge in [-0.15, -0.1) is 24.8 Å². The molecular weight excluding hydrogens is 423 g/mol. The summed E-state index contributed by atoms with van der Waals surface area (Å²) in [6.07, 6.45) is 2.32. The molecule has 1 aliphatic carbocycles. The molecule has 0 bridgehead atoms. The van der Waals surface area contributed by atoms with E-state index in [4.69, 9.17) is 5.73 Å². The third-order valence-corrected chi connectivity index (χ3v) is 7.03. The van der Waals surface area contributed by atoms with Crippen LogP contribution in [0.25, 0.3) is 0 Å². The van der Waals surface area contributed by atoms with E-state index in [9.17, 15) is 13.2 Å². The minimum absolute atomic E-state index is 0. The van der Waals surface area contributed by atoms with E-state index < -0.39 is 10.0 Å². The van der Waals surface area contributed by atoms with Crippen molar-refractivity contribution in [1.82, 2.24) is 14.5 Å². The average molecular weight is 453 g/mol. The number of hydrogen-bond acceptors (Lipinski definition) is 5. The zero-order valence-corrected chi connectivity index (χ0v) is 18.5. The smallest absolute Gasteiger partial charge is 0.243 e. The predicted molar refractivity (Wildman–Crippen MR) is 115 cm³/mol. The van der Waals surface area contributed by atoms with Crippen LogP contribution in [-0.2, 0) is 14.8 Å². The standard InChI is InChI=1S/C18H28N4O3S.2ClH/c1-14-2-6-16(7-3-14)26(24,25)22-10-8-21(9-11-22)13-18(23)20-12-17(19)15-4-5-15;;/h2-3,6-7,15,17H,4-5,8-13,19H2,1H3,(H,20,23);2*1H. The number of piperazine rings is 1. The van der Waals surface area contributed by atoms with Gasteiger partial charge in [-0.1, -0.05) is 17.7 Å². The lowest BCUT2D eigenvalue weighted by Gasteiger charge is -2.33. The maximum atomic E-state index is 12.7. The number of sulfonamides is 1. The average Bonchev–Trinajstić information content (AvgIpc) is 3.46. The van der Waals surface area contributed by atoms with Crippen LogP contribution in [0.4, 0.5) is 0 Å². The third kappa shape index (κ3) is 6.57.